The van der Waals surface area contributed by atoms with Crippen molar-refractivity contribution in [3.63, 3.8) is 0 Å². The van der Waals surface area contributed by atoms with Gasteiger partial charge < -0.3 is 9.64 Å². The first-order valence-corrected chi connectivity index (χ1v) is 11.0. The minimum Gasteiger partial charge on any atom is -0.491 e. The highest BCUT2D eigenvalue weighted by atomic mass is 32.1. The van der Waals surface area contributed by atoms with Crippen molar-refractivity contribution in [1.82, 2.24) is 9.97 Å². The van der Waals surface area contributed by atoms with Gasteiger partial charge in [-0.3, -0.25) is 9.59 Å². The number of fused-ring (bicyclic) bond motifs is 1. The molecule has 1 amide bonds. The maximum atomic E-state index is 14.4. The number of ketones is 1. The minimum atomic E-state index is -0.410. The molecule has 1 aromatic carbocycles. The number of rotatable bonds is 5. The molecule has 1 saturated heterocycles. The van der Waals surface area contributed by atoms with Gasteiger partial charge in [-0.25, -0.2) is 14.4 Å². The molecule has 5 rings (SSSR count). The molecule has 0 bridgehead atoms. The summed E-state index contributed by atoms with van der Waals surface area (Å²) in [5.41, 5.74) is 2.10. The number of halogens is 1. The van der Waals surface area contributed by atoms with Crippen LogP contribution in [0, 0.1) is 18.7 Å². The van der Waals surface area contributed by atoms with E-state index in [1.807, 2.05) is 25.3 Å². The fourth-order valence-electron chi connectivity index (χ4n) is 4.07. The van der Waals surface area contributed by atoms with Gasteiger partial charge >= 0.3 is 0 Å². The molecule has 0 radical (unpaired) electrons. The summed E-state index contributed by atoms with van der Waals surface area (Å²) in [5, 5.41) is 0.853. The second-order valence-corrected chi connectivity index (χ2v) is 9.05. The van der Waals surface area contributed by atoms with E-state index in [-0.39, 0.29) is 24.2 Å². The van der Waals surface area contributed by atoms with Gasteiger partial charge in [-0.1, -0.05) is 0 Å². The number of hydrogen-bond acceptors (Lipinski definition) is 6. The van der Waals surface area contributed by atoms with Crippen LogP contribution in [0.1, 0.15) is 33.6 Å². The van der Waals surface area contributed by atoms with Crippen LogP contribution >= 0.6 is 11.3 Å². The molecule has 1 fully saturated rings. The number of anilines is 1. The lowest BCUT2D eigenvalue weighted by Gasteiger charge is -2.18. The van der Waals surface area contributed by atoms with Crippen LogP contribution in [0.5, 0.6) is 5.75 Å². The van der Waals surface area contributed by atoms with Crippen molar-refractivity contribution in [2.24, 2.45) is 5.92 Å². The lowest BCUT2D eigenvalue weighted by Crippen LogP contribution is -2.29. The molecule has 1 unspecified atom stereocenters. The number of aryl methyl sites for hydroxylation is 1. The zero-order chi connectivity index (χ0) is 21.5. The summed E-state index contributed by atoms with van der Waals surface area (Å²) in [5.74, 6) is -0.336. The molecule has 2 aliphatic rings. The van der Waals surface area contributed by atoms with Crippen LogP contribution in [0.25, 0.3) is 10.7 Å². The molecule has 1 aliphatic carbocycles. The van der Waals surface area contributed by atoms with Gasteiger partial charge in [-0.15, -0.1) is 11.3 Å². The number of Topliss-reactive ketones (excluding diaryl/α,β-unsaturated/α-hetero) is 1. The number of thiazole rings is 1. The summed E-state index contributed by atoms with van der Waals surface area (Å²) in [4.78, 5) is 36.3. The number of ether oxygens (including phenoxy) is 1. The monoisotopic (exact) mass is 437 g/mol. The summed E-state index contributed by atoms with van der Waals surface area (Å²) in [7, 11) is 0. The Labute approximate surface area is 182 Å². The predicted octanol–water partition coefficient (Wildman–Crippen LogP) is 4.21. The van der Waals surface area contributed by atoms with E-state index in [2.05, 4.69) is 9.97 Å². The van der Waals surface area contributed by atoms with Crippen LogP contribution in [0.3, 0.4) is 0 Å². The number of benzene rings is 1. The highest BCUT2D eigenvalue weighted by Gasteiger charge is 2.34. The number of nitrogens with zero attached hydrogens (tertiary/aromatic N) is 3. The largest absolute Gasteiger partial charge is 0.491 e. The number of carbonyl (C=O) groups excluding carboxylic acids is 2. The highest BCUT2D eigenvalue weighted by molar-refractivity contribution is 7.14. The van der Waals surface area contributed by atoms with Crippen LogP contribution in [0.2, 0.25) is 0 Å². The molecule has 158 valence electrons. The molecule has 3 aromatic rings. The molecule has 0 N–H and O–H groups in total. The smallest absolute Gasteiger partial charge is 0.233 e. The number of amides is 1. The maximum Gasteiger partial charge on any atom is 0.233 e. The molecular formula is C23H20FN3O3S. The van der Waals surface area contributed by atoms with Crippen LogP contribution in [0.4, 0.5) is 10.1 Å². The van der Waals surface area contributed by atoms with E-state index < -0.39 is 5.82 Å². The molecule has 31 heavy (non-hydrogen) atoms. The third-order valence-electron chi connectivity index (χ3n) is 5.74. The predicted molar refractivity (Wildman–Crippen MR) is 115 cm³/mol. The Kier molecular flexibility index (Phi) is 5.02. The number of pyridine rings is 1. The molecular weight excluding hydrogens is 417 g/mol. The van der Waals surface area contributed by atoms with E-state index in [0.29, 0.717) is 48.4 Å². The molecule has 0 spiro atoms. The summed E-state index contributed by atoms with van der Waals surface area (Å²) >= 11 is 1.57. The average Bonchev–Trinajstić information content (AvgIpc) is 3.46. The maximum absolute atomic E-state index is 14.4. The van der Waals surface area contributed by atoms with Crippen LogP contribution in [0.15, 0.2) is 36.7 Å². The second kappa shape index (κ2) is 7.85. The SMILES string of the molecule is Cc1cnc(-c2ccc(OCC3CCN(c4cc(F)c5c(c4)C(=O)CC5)C3=O)cn2)s1. The lowest BCUT2D eigenvalue weighted by molar-refractivity contribution is -0.121. The first kappa shape index (κ1) is 19.8. The number of carbonyl (C=O) groups is 2. The van der Waals surface area contributed by atoms with E-state index in [1.165, 1.54) is 6.07 Å². The van der Waals surface area contributed by atoms with Gasteiger partial charge in [0.2, 0.25) is 5.91 Å². The number of hydrogen-bond donors (Lipinski definition) is 0. The molecule has 1 atom stereocenters. The second-order valence-electron chi connectivity index (χ2n) is 7.82. The number of aromatic nitrogens is 2. The van der Waals surface area contributed by atoms with Crippen molar-refractivity contribution in [2.75, 3.05) is 18.1 Å². The van der Waals surface area contributed by atoms with Crippen LogP contribution < -0.4 is 9.64 Å². The van der Waals surface area contributed by atoms with E-state index in [4.69, 9.17) is 4.74 Å². The van der Waals surface area contributed by atoms with Gasteiger partial charge in [-0.05, 0) is 49.6 Å². The van der Waals surface area contributed by atoms with E-state index in [0.717, 1.165) is 15.6 Å². The standard InChI is InChI=1S/C23H20FN3O3S/c1-13-10-26-22(31-13)20-4-2-16(11-25-20)30-12-14-6-7-27(23(14)29)15-8-18-17(19(24)9-15)3-5-21(18)28/h2,4,8-11,14H,3,5-7,12H2,1H3. The quantitative estimate of drug-likeness (QED) is 0.598. The van der Waals surface area contributed by atoms with E-state index in [9.17, 15) is 14.0 Å². The van der Waals surface area contributed by atoms with Crippen molar-refractivity contribution in [3.05, 3.63) is 58.5 Å². The molecule has 8 heteroatoms. The zero-order valence-electron chi connectivity index (χ0n) is 16.9. The molecule has 3 heterocycles. The van der Waals surface area contributed by atoms with Gasteiger partial charge in [0.25, 0.3) is 0 Å². The summed E-state index contributed by atoms with van der Waals surface area (Å²) in [6.07, 6.45) is 4.81. The summed E-state index contributed by atoms with van der Waals surface area (Å²) in [6.45, 7) is 2.69. The third kappa shape index (κ3) is 3.72. The van der Waals surface area contributed by atoms with Gasteiger partial charge in [0, 0.05) is 35.3 Å². The van der Waals surface area contributed by atoms with Gasteiger partial charge in [0.05, 0.1) is 24.4 Å². The summed E-state index contributed by atoms with van der Waals surface area (Å²) < 4.78 is 20.2. The van der Waals surface area contributed by atoms with Crippen molar-refractivity contribution < 1.29 is 18.7 Å². The van der Waals surface area contributed by atoms with Crippen molar-refractivity contribution >= 4 is 28.7 Å². The molecule has 2 aromatic heterocycles. The summed E-state index contributed by atoms with van der Waals surface area (Å²) in [6, 6.07) is 6.68. The zero-order valence-corrected chi connectivity index (χ0v) is 17.7. The van der Waals surface area contributed by atoms with Crippen LogP contribution in [-0.4, -0.2) is 34.8 Å². The van der Waals surface area contributed by atoms with Gasteiger partial charge in [-0.2, -0.15) is 0 Å². The van der Waals surface area contributed by atoms with E-state index in [1.54, 1.807) is 28.5 Å². The van der Waals surface area contributed by atoms with Crippen LogP contribution in [-0.2, 0) is 11.2 Å². The topological polar surface area (TPSA) is 72.4 Å². The molecule has 6 nitrogen and oxygen atoms in total. The van der Waals surface area contributed by atoms with Gasteiger partial charge in [0.1, 0.15) is 16.6 Å². The Balaban J connectivity index is 1.24. The Morgan fingerprint density at radius 1 is 1.19 bits per heavy atom. The Morgan fingerprint density at radius 2 is 2.06 bits per heavy atom. The lowest BCUT2D eigenvalue weighted by atomic mass is 10.1. The Bertz CT molecular complexity index is 1180. The first-order chi connectivity index (χ1) is 15.0. The van der Waals surface area contributed by atoms with Crippen molar-refractivity contribution in [3.8, 4) is 16.5 Å². The molecule has 0 saturated carbocycles. The first-order valence-electron chi connectivity index (χ1n) is 10.2. The Morgan fingerprint density at radius 3 is 2.81 bits per heavy atom. The van der Waals surface area contributed by atoms with Crippen molar-refractivity contribution in [2.45, 2.75) is 26.2 Å². The third-order valence-corrected chi connectivity index (χ3v) is 6.67. The molecule has 1 aliphatic heterocycles. The normalized spacial score (nSPS) is 18.0. The Hall–Kier alpha value is -3.13. The van der Waals surface area contributed by atoms with E-state index >= 15 is 0 Å². The highest BCUT2D eigenvalue weighted by Crippen LogP contribution is 2.33. The average molecular weight is 437 g/mol. The van der Waals surface area contributed by atoms with Gasteiger partial charge in [0.15, 0.2) is 5.78 Å². The fraction of sp³-hybridized carbons (Fsp3) is 0.304. The van der Waals surface area contributed by atoms with Crippen molar-refractivity contribution in [1.29, 1.82) is 0 Å². The minimum absolute atomic E-state index is 0.0638. The fourth-order valence-corrected chi connectivity index (χ4v) is 4.81.